The maximum atomic E-state index is 11.8. The lowest BCUT2D eigenvalue weighted by atomic mass is 10.1. The van der Waals surface area contributed by atoms with Crippen LogP contribution in [0.25, 0.3) is 0 Å². The second kappa shape index (κ2) is 7.10. The van der Waals surface area contributed by atoms with Crippen LogP contribution < -0.4 is 5.73 Å². The monoisotopic (exact) mass is 257 g/mol. The van der Waals surface area contributed by atoms with Crippen LogP contribution in [0.15, 0.2) is 0 Å². The molecule has 0 heterocycles. The van der Waals surface area contributed by atoms with Crippen molar-refractivity contribution in [1.82, 2.24) is 0 Å². The molecule has 0 bridgehead atoms. The Morgan fingerprint density at radius 1 is 1.22 bits per heavy atom. The summed E-state index contributed by atoms with van der Waals surface area (Å²) >= 11 is 0. The molecule has 1 fully saturated rings. The van der Waals surface area contributed by atoms with Crippen LogP contribution in [-0.2, 0) is 14.3 Å². The van der Waals surface area contributed by atoms with E-state index in [1.54, 1.807) is 0 Å². The van der Waals surface area contributed by atoms with Gasteiger partial charge in [-0.25, -0.2) is 0 Å². The standard InChI is InChI=1S/C14H27NO3/c1-14(2,3)17-10-12(15)13(16)18-11-8-6-4-5-7-9-11/h11-12H,4-10,15H2,1-3H3/t12-/m0/s1. The molecule has 4 nitrogen and oxygen atoms in total. The minimum atomic E-state index is -0.674. The molecule has 0 unspecified atom stereocenters. The third-order valence-electron chi connectivity index (χ3n) is 3.08. The summed E-state index contributed by atoms with van der Waals surface area (Å²) in [6.45, 7) is 6.04. The molecule has 1 saturated carbocycles. The van der Waals surface area contributed by atoms with Crippen LogP contribution in [0.2, 0.25) is 0 Å². The lowest BCUT2D eigenvalue weighted by Gasteiger charge is -2.23. The molecule has 18 heavy (non-hydrogen) atoms. The Labute approximate surface area is 110 Å². The summed E-state index contributed by atoms with van der Waals surface area (Å²) in [5.41, 5.74) is 5.50. The van der Waals surface area contributed by atoms with Crippen molar-refractivity contribution in [3.63, 3.8) is 0 Å². The summed E-state index contributed by atoms with van der Waals surface area (Å²) in [6.07, 6.45) is 6.77. The topological polar surface area (TPSA) is 61.5 Å². The van der Waals surface area contributed by atoms with E-state index in [2.05, 4.69) is 0 Å². The molecule has 0 saturated heterocycles. The molecule has 106 valence electrons. The Bertz CT molecular complexity index is 252. The second-order valence-corrected chi connectivity index (χ2v) is 6.08. The van der Waals surface area contributed by atoms with Crippen LogP contribution in [0, 0.1) is 0 Å². The Hall–Kier alpha value is -0.610. The Morgan fingerprint density at radius 3 is 2.28 bits per heavy atom. The van der Waals surface area contributed by atoms with Crippen molar-refractivity contribution in [2.45, 2.75) is 77.0 Å². The average Bonchev–Trinajstić information content (AvgIpc) is 2.53. The molecule has 1 aliphatic rings. The Kier molecular flexibility index (Phi) is 6.09. The van der Waals surface area contributed by atoms with Gasteiger partial charge in [0.2, 0.25) is 0 Å². The van der Waals surface area contributed by atoms with Gasteiger partial charge in [0.1, 0.15) is 12.1 Å². The minimum Gasteiger partial charge on any atom is -0.461 e. The van der Waals surface area contributed by atoms with Gasteiger partial charge >= 0.3 is 5.97 Å². The van der Waals surface area contributed by atoms with E-state index < -0.39 is 6.04 Å². The Balaban J connectivity index is 2.30. The van der Waals surface area contributed by atoms with Gasteiger partial charge in [-0.05, 0) is 46.5 Å². The van der Waals surface area contributed by atoms with Crippen LogP contribution in [0.5, 0.6) is 0 Å². The largest absolute Gasteiger partial charge is 0.461 e. The number of hydrogen-bond acceptors (Lipinski definition) is 4. The fraction of sp³-hybridized carbons (Fsp3) is 0.929. The number of carbonyl (C=O) groups is 1. The SMILES string of the molecule is CC(C)(C)OC[C@H](N)C(=O)OC1CCCCCC1. The maximum absolute atomic E-state index is 11.8. The predicted molar refractivity (Wildman–Crippen MR) is 71.3 cm³/mol. The van der Waals surface area contributed by atoms with Gasteiger partial charge in [-0.2, -0.15) is 0 Å². The quantitative estimate of drug-likeness (QED) is 0.620. The first-order chi connectivity index (χ1) is 8.38. The van der Waals surface area contributed by atoms with Crippen molar-refractivity contribution in [3.8, 4) is 0 Å². The van der Waals surface area contributed by atoms with E-state index in [0.29, 0.717) is 0 Å². The molecule has 0 aromatic carbocycles. The van der Waals surface area contributed by atoms with Gasteiger partial charge in [0, 0.05) is 0 Å². The van der Waals surface area contributed by atoms with E-state index in [4.69, 9.17) is 15.2 Å². The highest BCUT2D eigenvalue weighted by Gasteiger charge is 2.23. The number of ether oxygens (including phenoxy) is 2. The smallest absolute Gasteiger partial charge is 0.325 e. The van der Waals surface area contributed by atoms with E-state index in [-0.39, 0.29) is 24.3 Å². The van der Waals surface area contributed by atoms with E-state index in [0.717, 1.165) is 25.7 Å². The summed E-state index contributed by atoms with van der Waals surface area (Å²) in [6, 6.07) is -0.674. The first kappa shape index (κ1) is 15.4. The van der Waals surface area contributed by atoms with Crippen LogP contribution in [0.4, 0.5) is 0 Å². The number of hydrogen-bond donors (Lipinski definition) is 1. The summed E-state index contributed by atoms with van der Waals surface area (Å²) < 4.78 is 11.0. The highest BCUT2D eigenvalue weighted by atomic mass is 16.5. The van der Waals surface area contributed by atoms with Crippen molar-refractivity contribution in [2.75, 3.05) is 6.61 Å². The second-order valence-electron chi connectivity index (χ2n) is 6.08. The first-order valence-corrected chi connectivity index (χ1v) is 6.98. The van der Waals surface area contributed by atoms with Gasteiger partial charge in [-0.3, -0.25) is 4.79 Å². The number of esters is 1. The van der Waals surface area contributed by atoms with E-state index in [9.17, 15) is 4.79 Å². The zero-order valence-corrected chi connectivity index (χ0v) is 11.9. The van der Waals surface area contributed by atoms with Gasteiger partial charge in [0.25, 0.3) is 0 Å². The number of carbonyl (C=O) groups excluding carboxylic acids is 1. The molecule has 1 rings (SSSR count). The molecule has 0 aliphatic heterocycles. The van der Waals surface area contributed by atoms with Crippen molar-refractivity contribution < 1.29 is 14.3 Å². The molecular formula is C14H27NO3. The van der Waals surface area contributed by atoms with Gasteiger partial charge in [-0.1, -0.05) is 12.8 Å². The molecular weight excluding hydrogens is 230 g/mol. The van der Waals surface area contributed by atoms with E-state index in [1.807, 2.05) is 20.8 Å². The summed E-state index contributed by atoms with van der Waals surface area (Å²) in [5.74, 6) is -0.328. The molecule has 0 aromatic heterocycles. The molecule has 1 aliphatic carbocycles. The fourth-order valence-electron chi connectivity index (χ4n) is 2.02. The van der Waals surface area contributed by atoms with Crippen LogP contribution in [0.1, 0.15) is 59.3 Å². The molecule has 4 heteroatoms. The summed E-state index contributed by atoms with van der Waals surface area (Å²) in [5, 5.41) is 0. The molecule has 0 aromatic rings. The van der Waals surface area contributed by atoms with Gasteiger partial charge in [0.15, 0.2) is 0 Å². The number of nitrogens with two attached hydrogens (primary N) is 1. The highest BCUT2D eigenvalue weighted by molar-refractivity contribution is 5.75. The molecule has 2 N–H and O–H groups in total. The van der Waals surface area contributed by atoms with Gasteiger partial charge in [0.05, 0.1) is 12.2 Å². The lowest BCUT2D eigenvalue weighted by molar-refractivity contribution is -0.154. The Morgan fingerprint density at radius 2 is 1.78 bits per heavy atom. The van der Waals surface area contributed by atoms with E-state index >= 15 is 0 Å². The van der Waals surface area contributed by atoms with Crippen molar-refractivity contribution >= 4 is 5.97 Å². The molecule has 0 amide bonds. The zero-order valence-electron chi connectivity index (χ0n) is 11.9. The first-order valence-electron chi connectivity index (χ1n) is 6.98. The van der Waals surface area contributed by atoms with Crippen LogP contribution >= 0.6 is 0 Å². The van der Waals surface area contributed by atoms with Crippen molar-refractivity contribution in [3.05, 3.63) is 0 Å². The summed E-state index contributed by atoms with van der Waals surface area (Å²) in [4.78, 5) is 11.8. The summed E-state index contributed by atoms with van der Waals surface area (Å²) in [7, 11) is 0. The van der Waals surface area contributed by atoms with Gasteiger partial charge < -0.3 is 15.2 Å². The zero-order chi connectivity index (χ0) is 13.6. The third-order valence-corrected chi connectivity index (χ3v) is 3.08. The molecule has 0 radical (unpaired) electrons. The average molecular weight is 257 g/mol. The van der Waals surface area contributed by atoms with Crippen molar-refractivity contribution in [1.29, 1.82) is 0 Å². The van der Waals surface area contributed by atoms with Gasteiger partial charge in [-0.15, -0.1) is 0 Å². The van der Waals surface area contributed by atoms with Crippen molar-refractivity contribution in [2.24, 2.45) is 5.73 Å². The lowest BCUT2D eigenvalue weighted by Crippen LogP contribution is -2.40. The maximum Gasteiger partial charge on any atom is 0.325 e. The van der Waals surface area contributed by atoms with Crippen LogP contribution in [0.3, 0.4) is 0 Å². The normalized spacial score (nSPS) is 20.2. The number of rotatable bonds is 4. The van der Waals surface area contributed by atoms with Crippen LogP contribution in [-0.4, -0.2) is 30.3 Å². The van der Waals surface area contributed by atoms with E-state index in [1.165, 1.54) is 12.8 Å². The molecule has 0 spiro atoms. The highest BCUT2D eigenvalue weighted by Crippen LogP contribution is 2.20. The minimum absolute atomic E-state index is 0.0562. The fourth-order valence-corrected chi connectivity index (χ4v) is 2.02. The molecule has 1 atom stereocenters. The third kappa shape index (κ3) is 6.36. The predicted octanol–water partition coefficient (Wildman–Crippen LogP) is 2.39.